The van der Waals surface area contributed by atoms with Crippen LogP contribution in [0.2, 0.25) is 0 Å². The first-order valence-electron chi connectivity index (χ1n) is 11.0. The molecule has 170 valence electrons. The van der Waals surface area contributed by atoms with E-state index in [4.69, 9.17) is 0 Å². The predicted molar refractivity (Wildman–Crippen MR) is 119 cm³/mol. The molecule has 1 saturated heterocycles. The number of benzene rings is 1. The molecule has 3 heterocycles. The van der Waals surface area contributed by atoms with Crippen LogP contribution >= 0.6 is 0 Å². The number of fused-ring (bicyclic) bond motifs is 3. The highest BCUT2D eigenvalue weighted by molar-refractivity contribution is 6.03. The molecule has 32 heavy (non-hydrogen) atoms. The SMILES string of the molecule is CN1C(=O)c2cc3ccccc3n2C[C@]1(C)C(=O)NCC(=O)NCCCN1CCCC1=O. The lowest BCUT2D eigenvalue weighted by atomic mass is 9.95. The maximum Gasteiger partial charge on any atom is 0.271 e. The number of rotatable bonds is 7. The minimum Gasteiger partial charge on any atom is -0.355 e. The van der Waals surface area contributed by atoms with Crippen LogP contribution in [0.4, 0.5) is 0 Å². The van der Waals surface area contributed by atoms with E-state index in [9.17, 15) is 19.2 Å². The van der Waals surface area contributed by atoms with Crippen molar-refractivity contribution in [3.8, 4) is 0 Å². The van der Waals surface area contributed by atoms with Gasteiger partial charge in [0.25, 0.3) is 5.91 Å². The summed E-state index contributed by atoms with van der Waals surface area (Å²) in [6.07, 6.45) is 2.17. The van der Waals surface area contributed by atoms with Crippen molar-refractivity contribution in [3.05, 3.63) is 36.0 Å². The van der Waals surface area contributed by atoms with Crippen molar-refractivity contribution >= 4 is 34.5 Å². The summed E-state index contributed by atoms with van der Waals surface area (Å²) < 4.78 is 1.87. The molecule has 0 spiro atoms. The molecule has 9 heteroatoms. The normalized spacial score (nSPS) is 20.6. The summed E-state index contributed by atoms with van der Waals surface area (Å²) in [5, 5.41) is 6.40. The summed E-state index contributed by atoms with van der Waals surface area (Å²) in [7, 11) is 1.61. The Balaban J connectivity index is 1.33. The number of hydrogen-bond acceptors (Lipinski definition) is 4. The van der Waals surface area contributed by atoms with E-state index in [-0.39, 0.29) is 30.2 Å². The lowest BCUT2D eigenvalue weighted by Gasteiger charge is -2.41. The smallest absolute Gasteiger partial charge is 0.271 e. The molecule has 0 saturated carbocycles. The number of likely N-dealkylation sites (N-methyl/N-ethyl adjacent to an activating group) is 1. The average Bonchev–Trinajstić information content (AvgIpc) is 3.36. The van der Waals surface area contributed by atoms with Crippen molar-refractivity contribution in [2.24, 2.45) is 0 Å². The van der Waals surface area contributed by atoms with Crippen LogP contribution in [0.15, 0.2) is 30.3 Å². The van der Waals surface area contributed by atoms with Gasteiger partial charge >= 0.3 is 0 Å². The maximum absolute atomic E-state index is 13.0. The Morgan fingerprint density at radius 2 is 1.94 bits per heavy atom. The molecule has 4 amide bonds. The van der Waals surface area contributed by atoms with Crippen LogP contribution in [-0.4, -0.2) is 76.8 Å². The first-order chi connectivity index (χ1) is 15.3. The van der Waals surface area contributed by atoms with Crippen molar-refractivity contribution in [1.82, 2.24) is 25.0 Å². The molecule has 1 aromatic carbocycles. The third-order valence-electron chi connectivity index (χ3n) is 6.54. The van der Waals surface area contributed by atoms with Crippen LogP contribution in [0.3, 0.4) is 0 Å². The highest BCUT2D eigenvalue weighted by Crippen LogP contribution is 2.31. The Bertz CT molecular complexity index is 1080. The van der Waals surface area contributed by atoms with E-state index < -0.39 is 5.54 Å². The number of nitrogens with zero attached hydrogens (tertiary/aromatic N) is 3. The van der Waals surface area contributed by atoms with Crippen LogP contribution in [0, 0.1) is 0 Å². The zero-order valence-electron chi connectivity index (χ0n) is 18.5. The monoisotopic (exact) mass is 439 g/mol. The molecule has 2 aliphatic rings. The molecule has 9 nitrogen and oxygen atoms in total. The lowest BCUT2D eigenvalue weighted by Crippen LogP contribution is -2.63. The van der Waals surface area contributed by atoms with Gasteiger partial charge in [0.15, 0.2) is 0 Å². The van der Waals surface area contributed by atoms with Gasteiger partial charge in [-0.05, 0) is 31.9 Å². The quantitative estimate of drug-likeness (QED) is 0.621. The van der Waals surface area contributed by atoms with E-state index in [2.05, 4.69) is 10.6 Å². The van der Waals surface area contributed by atoms with Gasteiger partial charge in [0.2, 0.25) is 17.7 Å². The molecule has 4 rings (SSSR count). The van der Waals surface area contributed by atoms with Gasteiger partial charge in [0.05, 0.1) is 13.1 Å². The average molecular weight is 440 g/mol. The topological polar surface area (TPSA) is 104 Å². The number of aromatic nitrogens is 1. The van der Waals surface area contributed by atoms with Crippen molar-refractivity contribution in [2.45, 2.75) is 38.3 Å². The Morgan fingerprint density at radius 1 is 1.16 bits per heavy atom. The van der Waals surface area contributed by atoms with Crippen molar-refractivity contribution in [2.75, 3.05) is 33.2 Å². The summed E-state index contributed by atoms with van der Waals surface area (Å²) in [6, 6.07) is 9.53. The number of carbonyl (C=O) groups is 4. The third kappa shape index (κ3) is 3.94. The third-order valence-corrected chi connectivity index (χ3v) is 6.54. The molecular weight excluding hydrogens is 410 g/mol. The summed E-state index contributed by atoms with van der Waals surface area (Å²) in [6.45, 7) is 3.69. The van der Waals surface area contributed by atoms with Gasteiger partial charge in [-0.25, -0.2) is 0 Å². The maximum atomic E-state index is 13.0. The van der Waals surface area contributed by atoms with Crippen molar-refractivity contribution < 1.29 is 19.2 Å². The van der Waals surface area contributed by atoms with Gasteiger partial charge in [-0.15, -0.1) is 0 Å². The van der Waals surface area contributed by atoms with Gasteiger partial charge < -0.3 is 25.0 Å². The van der Waals surface area contributed by atoms with Crippen LogP contribution in [-0.2, 0) is 20.9 Å². The van der Waals surface area contributed by atoms with Gasteiger partial charge in [0, 0.05) is 44.0 Å². The molecule has 1 fully saturated rings. The molecule has 0 unspecified atom stereocenters. The fraction of sp³-hybridized carbons (Fsp3) is 0.478. The number of nitrogens with one attached hydrogen (secondary N) is 2. The summed E-state index contributed by atoms with van der Waals surface area (Å²) in [5.41, 5.74) is 0.327. The molecule has 2 aliphatic heterocycles. The lowest BCUT2D eigenvalue weighted by molar-refractivity contribution is -0.134. The second-order valence-electron chi connectivity index (χ2n) is 8.68. The van der Waals surface area contributed by atoms with E-state index in [0.29, 0.717) is 38.2 Å². The molecule has 1 aromatic heterocycles. The van der Waals surface area contributed by atoms with Crippen LogP contribution in [0.1, 0.15) is 36.7 Å². The second-order valence-corrected chi connectivity index (χ2v) is 8.68. The number of amides is 4. The number of para-hydroxylation sites is 1. The highest BCUT2D eigenvalue weighted by atomic mass is 16.2. The minimum atomic E-state index is -1.12. The van der Waals surface area contributed by atoms with Crippen LogP contribution < -0.4 is 10.6 Å². The molecule has 1 atom stereocenters. The molecule has 0 radical (unpaired) electrons. The molecule has 2 N–H and O–H groups in total. The van der Waals surface area contributed by atoms with Crippen molar-refractivity contribution in [3.63, 3.8) is 0 Å². The minimum absolute atomic E-state index is 0.168. The van der Waals surface area contributed by atoms with Crippen molar-refractivity contribution in [1.29, 1.82) is 0 Å². The number of likely N-dealkylation sites (tertiary alicyclic amines) is 1. The van der Waals surface area contributed by atoms with E-state index in [1.165, 1.54) is 4.90 Å². The largest absolute Gasteiger partial charge is 0.355 e. The summed E-state index contributed by atoms with van der Waals surface area (Å²) in [5.74, 6) is -0.742. The summed E-state index contributed by atoms with van der Waals surface area (Å²) >= 11 is 0. The first kappa shape index (κ1) is 21.9. The standard InChI is InChI=1S/C23H29N5O4/c1-23(15-28-17-8-4-3-7-16(17)13-18(28)21(31)26(23)2)22(32)25-14-19(29)24-10-6-12-27-11-5-9-20(27)30/h3-4,7-8,13H,5-6,9-12,14-15H2,1-2H3,(H,24,29)(H,25,32)/t23-/m1/s1. The molecule has 0 aliphatic carbocycles. The Kier molecular flexibility index (Phi) is 5.90. The van der Waals surface area contributed by atoms with Gasteiger partial charge in [-0.1, -0.05) is 18.2 Å². The fourth-order valence-electron chi connectivity index (χ4n) is 4.44. The van der Waals surface area contributed by atoms with E-state index in [1.807, 2.05) is 39.8 Å². The molecule has 0 bridgehead atoms. The highest BCUT2D eigenvalue weighted by Gasteiger charge is 2.45. The Morgan fingerprint density at radius 3 is 2.69 bits per heavy atom. The number of carbonyl (C=O) groups excluding carboxylic acids is 4. The van der Waals surface area contributed by atoms with Gasteiger partial charge in [0.1, 0.15) is 11.2 Å². The molecular formula is C23H29N5O4. The fourth-order valence-corrected chi connectivity index (χ4v) is 4.44. The first-order valence-corrected chi connectivity index (χ1v) is 11.0. The van der Waals surface area contributed by atoms with E-state index in [1.54, 1.807) is 14.0 Å². The predicted octanol–water partition coefficient (Wildman–Crippen LogP) is 0.731. The Labute approximate surface area is 186 Å². The zero-order valence-corrected chi connectivity index (χ0v) is 18.5. The van der Waals surface area contributed by atoms with Gasteiger partial charge in [-0.3, -0.25) is 19.2 Å². The Hall–Kier alpha value is -3.36. The number of hydrogen-bond donors (Lipinski definition) is 2. The summed E-state index contributed by atoms with van der Waals surface area (Å²) in [4.78, 5) is 53.1. The second kappa shape index (κ2) is 8.64. The van der Waals surface area contributed by atoms with E-state index >= 15 is 0 Å². The van der Waals surface area contributed by atoms with Crippen LogP contribution in [0.5, 0.6) is 0 Å². The molecule has 2 aromatic rings. The zero-order chi connectivity index (χ0) is 22.9. The van der Waals surface area contributed by atoms with Gasteiger partial charge in [-0.2, -0.15) is 0 Å². The van der Waals surface area contributed by atoms with E-state index in [0.717, 1.165) is 23.9 Å². The van der Waals surface area contributed by atoms with Crippen LogP contribution in [0.25, 0.3) is 10.9 Å².